The molecule has 2 aromatic rings. The lowest BCUT2D eigenvalue weighted by Gasteiger charge is -2.12. The van der Waals surface area contributed by atoms with Crippen LogP contribution in [-0.4, -0.2) is 27.2 Å². The van der Waals surface area contributed by atoms with Gasteiger partial charge < -0.3 is 19.5 Å². The first-order valence-corrected chi connectivity index (χ1v) is 8.30. The first-order valence-electron chi connectivity index (χ1n) is 7.51. The van der Waals surface area contributed by atoms with Crippen LogP contribution in [-0.2, 0) is 4.79 Å². The molecule has 0 aliphatic carbocycles. The molecular formula is C19H17BrN2O4. The Hall–Kier alpha value is -2.98. The van der Waals surface area contributed by atoms with Gasteiger partial charge in [-0.1, -0.05) is 15.9 Å². The molecule has 0 saturated carbocycles. The molecule has 0 saturated heterocycles. The number of ether oxygens (including phenoxy) is 3. The molecule has 0 aromatic heterocycles. The zero-order chi connectivity index (χ0) is 19.1. The van der Waals surface area contributed by atoms with Crippen molar-refractivity contribution < 1.29 is 19.0 Å². The molecule has 0 spiro atoms. The molecule has 0 bridgehead atoms. The smallest absolute Gasteiger partial charge is 0.266 e. The number of anilines is 1. The van der Waals surface area contributed by atoms with Gasteiger partial charge in [-0.2, -0.15) is 5.26 Å². The van der Waals surface area contributed by atoms with Crippen molar-refractivity contribution in [2.75, 3.05) is 26.6 Å². The number of amides is 1. The molecule has 6 nitrogen and oxygen atoms in total. The lowest BCUT2D eigenvalue weighted by Crippen LogP contribution is -2.13. The molecule has 0 aliphatic rings. The third-order valence-corrected chi connectivity index (χ3v) is 3.94. The van der Waals surface area contributed by atoms with Crippen LogP contribution in [0.15, 0.2) is 46.4 Å². The minimum absolute atomic E-state index is 0.0701. The molecule has 0 aliphatic heterocycles. The van der Waals surface area contributed by atoms with E-state index in [0.717, 1.165) is 4.47 Å². The number of halogens is 1. The standard InChI is InChI=1S/C19H17BrN2O4/c1-24-16-6-4-15(5-7-16)22-19(23)13(11-21)8-12-9-14(20)10-17(25-2)18(12)26-3/h4-10H,1-3H3,(H,22,23)/b13-8-. The summed E-state index contributed by atoms with van der Waals surface area (Å²) in [7, 11) is 4.57. The molecule has 1 amide bonds. The van der Waals surface area contributed by atoms with E-state index in [4.69, 9.17) is 14.2 Å². The lowest BCUT2D eigenvalue weighted by molar-refractivity contribution is -0.112. The summed E-state index contributed by atoms with van der Waals surface area (Å²) in [5, 5.41) is 12.1. The molecule has 0 unspecified atom stereocenters. The van der Waals surface area contributed by atoms with Gasteiger partial charge in [0, 0.05) is 15.7 Å². The van der Waals surface area contributed by atoms with Crippen LogP contribution in [0.25, 0.3) is 6.08 Å². The number of nitriles is 1. The van der Waals surface area contributed by atoms with E-state index in [2.05, 4.69) is 21.2 Å². The van der Waals surface area contributed by atoms with E-state index in [1.165, 1.54) is 20.3 Å². The molecule has 2 rings (SSSR count). The summed E-state index contributed by atoms with van der Waals surface area (Å²) in [5.41, 5.74) is 1.02. The minimum atomic E-state index is -0.529. The highest BCUT2D eigenvalue weighted by molar-refractivity contribution is 9.10. The van der Waals surface area contributed by atoms with Gasteiger partial charge in [-0.3, -0.25) is 4.79 Å². The number of methoxy groups -OCH3 is 3. The number of nitrogens with one attached hydrogen (secondary N) is 1. The van der Waals surface area contributed by atoms with Gasteiger partial charge in [-0.15, -0.1) is 0 Å². The van der Waals surface area contributed by atoms with Crippen LogP contribution in [0, 0.1) is 11.3 Å². The first-order chi connectivity index (χ1) is 12.5. The van der Waals surface area contributed by atoms with E-state index in [0.29, 0.717) is 28.5 Å². The Morgan fingerprint density at radius 3 is 2.35 bits per heavy atom. The molecular weight excluding hydrogens is 400 g/mol. The van der Waals surface area contributed by atoms with Gasteiger partial charge in [0.1, 0.15) is 17.4 Å². The summed E-state index contributed by atoms with van der Waals surface area (Å²) in [6, 6.07) is 12.2. The van der Waals surface area contributed by atoms with Crippen LogP contribution >= 0.6 is 15.9 Å². The Labute approximate surface area is 160 Å². The largest absolute Gasteiger partial charge is 0.497 e. The SMILES string of the molecule is COc1ccc(NC(=O)/C(C#N)=C\c2cc(Br)cc(OC)c2OC)cc1. The average Bonchev–Trinajstić information content (AvgIpc) is 2.65. The normalized spacial score (nSPS) is 10.7. The van der Waals surface area contributed by atoms with Crippen molar-refractivity contribution in [1.29, 1.82) is 5.26 Å². The van der Waals surface area contributed by atoms with Crippen molar-refractivity contribution in [3.8, 4) is 23.3 Å². The van der Waals surface area contributed by atoms with Crippen LogP contribution in [0.1, 0.15) is 5.56 Å². The summed E-state index contributed by atoms with van der Waals surface area (Å²) in [4.78, 5) is 12.4. The van der Waals surface area contributed by atoms with Crippen molar-refractivity contribution in [2.45, 2.75) is 0 Å². The van der Waals surface area contributed by atoms with Crippen molar-refractivity contribution >= 4 is 33.6 Å². The lowest BCUT2D eigenvalue weighted by atomic mass is 10.1. The van der Waals surface area contributed by atoms with Crippen molar-refractivity contribution in [1.82, 2.24) is 0 Å². The molecule has 0 radical (unpaired) electrons. The fourth-order valence-corrected chi connectivity index (χ4v) is 2.70. The summed E-state index contributed by atoms with van der Waals surface area (Å²) in [5.74, 6) is 1.06. The maximum absolute atomic E-state index is 12.4. The van der Waals surface area contributed by atoms with E-state index in [-0.39, 0.29) is 5.57 Å². The predicted octanol–water partition coefficient (Wildman–Crippen LogP) is 4.02. The quantitative estimate of drug-likeness (QED) is 0.567. The fourth-order valence-electron chi connectivity index (χ4n) is 2.24. The maximum atomic E-state index is 12.4. The predicted molar refractivity (Wildman–Crippen MR) is 102 cm³/mol. The Morgan fingerprint density at radius 1 is 1.12 bits per heavy atom. The highest BCUT2D eigenvalue weighted by atomic mass is 79.9. The number of carbonyl (C=O) groups is 1. The summed E-state index contributed by atoms with van der Waals surface area (Å²) < 4.78 is 16.4. The molecule has 2 aromatic carbocycles. The van der Waals surface area contributed by atoms with Crippen molar-refractivity contribution in [3.63, 3.8) is 0 Å². The number of hydrogen-bond donors (Lipinski definition) is 1. The highest BCUT2D eigenvalue weighted by Crippen LogP contribution is 2.35. The van der Waals surface area contributed by atoms with Crippen LogP contribution in [0.3, 0.4) is 0 Å². The molecule has 0 atom stereocenters. The maximum Gasteiger partial charge on any atom is 0.266 e. The number of nitrogens with zero attached hydrogens (tertiary/aromatic N) is 1. The number of benzene rings is 2. The van der Waals surface area contributed by atoms with Crippen LogP contribution in [0.2, 0.25) is 0 Å². The summed E-state index contributed by atoms with van der Waals surface area (Å²) >= 11 is 3.37. The Balaban J connectivity index is 2.33. The first kappa shape index (κ1) is 19.3. The molecule has 1 N–H and O–H groups in total. The van der Waals surface area contributed by atoms with E-state index in [1.54, 1.807) is 43.5 Å². The van der Waals surface area contributed by atoms with E-state index < -0.39 is 5.91 Å². The van der Waals surface area contributed by atoms with Crippen LogP contribution in [0.4, 0.5) is 5.69 Å². The van der Waals surface area contributed by atoms with Crippen molar-refractivity contribution in [3.05, 3.63) is 52.0 Å². The van der Waals surface area contributed by atoms with E-state index in [1.807, 2.05) is 6.07 Å². The van der Waals surface area contributed by atoms with Crippen LogP contribution < -0.4 is 19.5 Å². The third-order valence-electron chi connectivity index (χ3n) is 3.49. The van der Waals surface area contributed by atoms with Gasteiger partial charge in [-0.05, 0) is 42.5 Å². The minimum Gasteiger partial charge on any atom is -0.497 e. The Bertz CT molecular complexity index is 870. The van der Waals surface area contributed by atoms with Crippen LogP contribution in [0.5, 0.6) is 17.2 Å². The average molecular weight is 417 g/mol. The molecule has 0 heterocycles. The highest BCUT2D eigenvalue weighted by Gasteiger charge is 2.15. The molecule has 0 fully saturated rings. The number of carbonyl (C=O) groups excluding carboxylic acids is 1. The molecule has 26 heavy (non-hydrogen) atoms. The van der Waals surface area contributed by atoms with Gasteiger partial charge in [0.15, 0.2) is 11.5 Å². The van der Waals surface area contributed by atoms with Gasteiger partial charge in [0.25, 0.3) is 5.91 Å². The second-order valence-corrected chi connectivity index (χ2v) is 6.00. The van der Waals surface area contributed by atoms with E-state index >= 15 is 0 Å². The second kappa shape index (κ2) is 8.92. The Morgan fingerprint density at radius 2 is 1.81 bits per heavy atom. The van der Waals surface area contributed by atoms with E-state index in [9.17, 15) is 10.1 Å². The van der Waals surface area contributed by atoms with Gasteiger partial charge >= 0.3 is 0 Å². The third kappa shape index (κ3) is 4.55. The zero-order valence-electron chi connectivity index (χ0n) is 14.5. The number of rotatable bonds is 6. The van der Waals surface area contributed by atoms with Gasteiger partial charge in [0.05, 0.1) is 21.3 Å². The zero-order valence-corrected chi connectivity index (χ0v) is 16.1. The van der Waals surface area contributed by atoms with Gasteiger partial charge in [0.2, 0.25) is 0 Å². The monoisotopic (exact) mass is 416 g/mol. The van der Waals surface area contributed by atoms with Gasteiger partial charge in [-0.25, -0.2) is 0 Å². The Kier molecular flexibility index (Phi) is 6.64. The fraction of sp³-hybridized carbons (Fsp3) is 0.158. The summed E-state index contributed by atoms with van der Waals surface area (Å²) in [6.45, 7) is 0. The second-order valence-electron chi connectivity index (χ2n) is 5.08. The van der Waals surface area contributed by atoms with Crippen molar-refractivity contribution in [2.24, 2.45) is 0 Å². The topological polar surface area (TPSA) is 80.6 Å². The number of hydrogen-bond acceptors (Lipinski definition) is 5. The molecule has 7 heteroatoms. The molecule has 134 valence electrons. The summed E-state index contributed by atoms with van der Waals surface area (Å²) in [6.07, 6.45) is 1.45.